The number of nitrogens with one attached hydrogen (secondary N) is 1. The molecule has 0 saturated carbocycles. The van der Waals surface area contributed by atoms with Crippen molar-refractivity contribution < 1.29 is 9.53 Å². The van der Waals surface area contributed by atoms with Crippen LogP contribution >= 0.6 is 0 Å². The van der Waals surface area contributed by atoms with Gasteiger partial charge in [-0.3, -0.25) is 0 Å². The fourth-order valence-corrected chi connectivity index (χ4v) is 3.13. The van der Waals surface area contributed by atoms with Crippen molar-refractivity contribution in [3.63, 3.8) is 0 Å². The highest BCUT2D eigenvalue weighted by Crippen LogP contribution is 2.33. The summed E-state index contributed by atoms with van der Waals surface area (Å²) in [4.78, 5) is 11.5. The van der Waals surface area contributed by atoms with Crippen LogP contribution in [-0.2, 0) is 4.74 Å². The third-order valence-corrected chi connectivity index (χ3v) is 4.11. The van der Waals surface area contributed by atoms with Gasteiger partial charge in [0.05, 0.1) is 12.6 Å². The number of cyclic esters (lactones) is 1. The SMILES string of the molecule is O=C1N[C@H](c2cc3ccccc3c3ccccc23)CCO1. The van der Waals surface area contributed by atoms with Crippen molar-refractivity contribution in [1.29, 1.82) is 0 Å². The van der Waals surface area contributed by atoms with E-state index in [1.807, 2.05) is 12.1 Å². The zero-order valence-corrected chi connectivity index (χ0v) is 11.5. The molecule has 0 bridgehead atoms. The van der Waals surface area contributed by atoms with E-state index in [4.69, 9.17) is 4.74 Å². The molecule has 104 valence electrons. The number of hydrogen-bond donors (Lipinski definition) is 1. The van der Waals surface area contributed by atoms with E-state index in [0.717, 1.165) is 6.42 Å². The molecule has 1 heterocycles. The van der Waals surface area contributed by atoms with Crippen molar-refractivity contribution in [2.75, 3.05) is 6.61 Å². The highest BCUT2D eigenvalue weighted by molar-refractivity contribution is 6.09. The highest BCUT2D eigenvalue weighted by atomic mass is 16.5. The Hall–Kier alpha value is -2.55. The molecule has 1 aliphatic heterocycles. The van der Waals surface area contributed by atoms with E-state index in [1.165, 1.54) is 27.1 Å². The van der Waals surface area contributed by atoms with Crippen LogP contribution in [0.1, 0.15) is 18.0 Å². The molecular weight excluding hydrogens is 262 g/mol. The first-order valence-electron chi connectivity index (χ1n) is 7.16. The Bertz CT molecular complexity index is 841. The van der Waals surface area contributed by atoms with Crippen LogP contribution in [0.5, 0.6) is 0 Å². The zero-order valence-electron chi connectivity index (χ0n) is 11.5. The van der Waals surface area contributed by atoms with Gasteiger partial charge in [-0.05, 0) is 33.2 Å². The minimum atomic E-state index is -0.330. The van der Waals surface area contributed by atoms with Crippen molar-refractivity contribution in [3.05, 3.63) is 60.2 Å². The molecule has 3 nitrogen and oxygen atoms in total. The summed E-state index contributed by atoms with van der Waals surface area (Å²) < 4.78 is 4.98. The lowest BCUT2D eigenvalue weighted by atomic mass is 9.92. The van der Waals surface area contributed by atoms with Crippen LogP contribution in [0.4, 0.5) is 4.79 Å². The molecule has 1 atom stereocenters. The Morgan fingerprint density at radius 2 is 1.67 bits per heavy atom. The molecule has 0 spiro atoms. The topological polar surface area (TPSA) is 38.3 Å². The molecule has 21 heavy (non-hydrogen) atoms. The zero-order chi connectivity index (χ0) is 14.2. The highest BCUT2D eigenvalue weighted by Gasteiger charge is 2.22. The number of carbonyl (C=O) groups excluding carboxylic acids is 1. The van der Waals surface area contributed by atoms with E-state index in [1.54, 1.807) is 0 Å². The minimum Gasteiger partial charge on any atom is -0.449 e. The maximum absolute atomic E-state index is 11.5. The second kappa shape index (κ2) is 4.77. The molecule has 4 rings (SSSR count). The van der Waals surface area contributed by atoms with Crippen LogP contribution in [-0.4, -0.2) is 12.7 Å². The van der Waals surface area contributed by atoms with E-state index in [-0.39, 0.29) is 12.1 Å². The van der Waals surface area contributed by atoms with Crippen molar-refractivity contribution >= 4 is 27.6 Å². The molecule has 3 aromatic rings. The first-order chi connectivity index (χ1) is 10.3. The molecule has 3 heteroatoms. The van der Waals surface area contributed by atoms with E-state index in [2.05, 4.69) is 47.8 Å². The number of carbonyl (C=O) groups is 1. The smallest absolute Gasteiger partial charge is 0.407 e. The summed E-state index contributed by atoms with van der Waals surface area (Å²) in [6.45, 7) is 0.470. The van der Waals surface area contributed by atoms with Gasteiger partial charge in [0.1, 0.15) is 0 Å². The van der Waals surface area contributed by atoms with Gasteiger partial charge < -0.3 is 10.1 Å². The summed E-state index contributed by atoms with van der Waals surface area (Å²) in [5, 5.41) is 7.80. The molecular formula is C18H15NO2. The van der Waals surface area contributed by atoms with Crippen molar-refractivity contribution in [3.8, 4) is 0 Å². The molecule has 1 aliphatic rings. The Kier molecular flexibility index (Phi) is 2.78. The molecule has 1 fully saturated rings. The van der Waals surface area contributed by atoms with Gasteiger partial charge in [-0.15, -0.1) is 0 Å². The Balaban J connectivity index is 2.00. The Morgan fingerprint density at radius 1 is 0.952 bits per heavy atom. The molecule has 1 N–H and O–H groups in total. The van der Waals surface area contributed by atoms with E-state index >= 15 is 0 Å². The molecule has 3 aromatic carbocycles. The largest absolute Gasteiger partial charge is 0.449 e. The maximum Gasteiger partial charge on any atom is 0.407 e. The monoisotopic (exact) mass is 277 g/mol. The standard InChI is InChI=1S/C18H15NO2/c20-18-19-17(9-10-21-18)16-11-12-5-1-2-6-13(12)14-7-3-4-8-15(14)16/h1-8,11,17H,9-10H2,(H,19,20)/t17-/m0/s1. The molecule has 1 amide bonds. The van der Waals surface area contributed by atoms with Gasteiger partial charge in [0.2, 0.25) is 0 Å². The number of amides is 1. The Labute approximate surface area is 122 Å². The summed E-state index contributed by atoms with van der Waals surface area (Å²) in [6.07, 6.45) is 0.470. The predicted molar refractivity (Wildman–Crippen MR) is 83.3 cm³/mol. The fourth-order valence-electron chi connectivity index (χ4n) is 3.13. The molecule has 1 saturated heterocycles. The van der Waals surface area contributed by atoms with E-state index in [9.17, 15) is 4.79 Å². The number of hydrogen-bond acceptors (Lipinski definition) is 2. The molecule has 0 radical (unpaired) electrons. The second-order valence-electron chi connectivity index (χ2n) is 5.35. The third-order valence-electron chi connectivity index (χ3n) is 4.11. The normalized spacial score (nSPS) is 18.5. The average Bonchev–Trinajstić information content (AvgIpc) is 2.54. The van der Waals surface area contributed by atoms with Gasteiger partial charge in [-0.1, -0.05) is 48.5 Å². The molecule has 0 aliphatic carbocycles. The Morgan fingerprint density at radius 3 is 2.48 bits per heavy atom. The predicted octanol–water partition coefficient (Wildman–Crippen LogP) is 4.16. The number of ether oxygens (including phenoxy) is 1. The number of alkyl carbamates (subject to hydrolysis) is 1. The fraction of sp³-hybridized carbons (Fsp3) is 0.167. The van der Waals surface area contributed by atoms with Crippen LogP contribution in [0.15, 0.2) is 54.6 Å². The van der Waals surface area contributed by atoms with Crippen molar-refractivity contribution in [2.45, 2.75) is 12.5 Å². The molecule has 0 aromatic heterocycles. The quantitative estimate of drug-likeness (QED) is 0.678. The van der Waals surface area contributed by atoms with E-state index < -0.39 is 0 Å². The van der Waals surface area contributed by atoms with Gasteiger partial charge in [0, 0.05) is 6.42 Å². The van der Waals surface area contributed by atoms with Crippen LogP contribution in [0, 0.1) is 0 Å². The number of benzene rings is 3. The van der Waals surface area contributed by atoms with Crippen molar-refractivity contribution in [1.82, 2.24) is 5.32 Å². The maximum atomic E-state index is 11.5. The van der Waals surface area contributed by atoms with Crippen molar-refractivity contribution in [2.24, 2.45) is 0 Å². The second-order valence-corrected chi connectivity index (χ2v) is 5.35. The van der Waals surface area contributed by atoms with Crippen LogP contribution in [0.3, 0.4) is 0 Å². The van der Waals surface area contributed by atoms with Crippen LogP contribution in [0.25, 0.3) is 21.5 Å². The van der Waals surface area contributed by atoms with Crippen LogP contribution < -0.4 is 5.32 Å². The number of rotatable bonds is 1. The van der Waals surface area contributed by atoms with Gasteiger partial charge in [0.25, 0.3) is 0 Å². The van der Waals surface area contributed by atoms with Gasteiger partial charge in [-0.2, -0.15) is 0 Å². The first kappa shape index (κ1) is 12.2. The third kappa shape index (κ3) is 2.02. The number of fused-ring (bicyclic) bond motifs is 3. The first-order valence-corrected chi connectivity index (χ1v) is 7.16. The lowest BCUT2D eigenvalue weighted by Gasteiger charge is -2.25. The summed E-state index contributed by atoms with van der Waals surface area (Å²) in [7, 11) is 0. The van der Waals surface area contributed by atoms with Gasteiger partial charge >= 0.3 is 6.09 Å². The van der Waals surface area contributed by atoms with E-state index in [0.29, 0.717) is 6.61 Å². The summed E-state index contributed by atoms with van der Waals surface area (Å²) in [5.74, 6) is 0. The summed E-state index contributed by atoms with van der Waals surface area (Å²) >= 11 is 0. The lowest BCUT2D eigenvalue weighted by Crippen LogP contribution is -2.35. The minimum absolute atomic E-state index is 0.0146. The van der Waals surface area contributed by atoms with Gasteiger partial charge in [0.15, 0.2) is 0 Å². The van der Waals surface area contributed by atoms with Crippen LogP contribution in [0.2, 0.25) is 0 Å². The molecule has 0 unspecified atom stereocenters. The average molecular weight is 277 g/mol. The summed E-state index contributed by atoms with van der Waals surface area (Å²) in [6, 6.07) is 18.9. The summed E-state index contributed by atoms with van der Waals surface area (Å²) in [5.41, 5.74) is 1.17. The van der Waals surface area contributed by atoms with Gasteiger partial charge in [-0.25, -0.2) is 4.79 Å². The lowest BCUT2D eigenvalue weighted by molar-refractivity contribution is 0.116.